The second-order valence-corrected chi connectivity index (χ2v) is 9.23. The van der Waals surface area contributed by atoms with Crippen molar-refractivity contribution in [3.05, 3.63) is 29.8 Å². The Morgan fingerprint density at radius 3 is 2.42 bits per heavy atom. The lowest BCUT2D eigenvalue weighted by atomic mass is 9.93. The van der Waals surface area contributed by atoms with Crippen LogP contribution in [0.1, 0.15) is 29.6 Å². The number of sulfone groups is 1. The molecule has 2 fully saturated rings. The van der Waals surface area contributed by atoms with Crippen LogP contribution in [0.5, 0.6) is 0 Å². The van der Waals surface area contributed by atoms with Crippen LogP contribution in [0.2, 0.25) is 0 Å². The van der Waals surface area contributed by atoms with Crippen LogP contribution in [0.3, 0.4) is 0 Å². The molecule has 0 radical (unpaired) electrons. The monoisotopic (exact) mass is 380 g/mol. The summed E-state index contributed by atoms with van der Waals surface area (Å²) in [5.74, 6) is 0.463. The molecule has 1 amide bonds. The topological polar surface area (TPSA) is 66.9 Å². The van der Waals surface area contributed by atoms with Crippen LogP contribution in [0, 0.1) is 5.92 Å². The third-order valence-electron chi connectivity index (χ3n) is 5.38. The molecule has 0 aliphatic carbocycles. The average Bonchev–Trinajstić information content (AvgIpc) is 2.66. The van der Waals surface area contributed by atoms with Crippen molar-refractivity contribution in [1.29, 1.82) is 0 Å². The number of likely N-dealkylation sites (tertiary alicyclic amines) is 1. The second-order valence-electron chi connectivity index (χ2n) is 7.25. The number of ether oxygens (including phenoxy) is 1. The maximum Gasteiger partial charge on any atom is 0.255 e. The predicted octanol–water partition coefficient (Wildman–Crippen LogP) is 1.66. The number of hydrogen-bond acceptors (Lipinski definition) is 5. The highest BCUT2D eigenvalue weighted by molar-refractivity contribution is 7.90. The van der Waals surface area contributed by atoms with Gasteiger partial charge in [0.15, 0.2) is 9.84 Å². The van der Waals surface area contributed by atoms with Crippen LogP contribution >= 0.6 is 0 Å². The summed E-state index contributed by atoms with van der Waals surface area (Å²) >= 11 is 0. The van der Waals surface area contributed by atoms with E-state index in [4.69, 9.17) is 4.74 Å². The molecule has 6 nitrogen and oxygen atoms in total. The van der Waals surface area contributed by atoms with Gasteiger partial charge in [-0.05, 0) is 43.9 Å². The van der Waals surface area contributed by atoms with Crippen molar-refractivity contribution in [2.75, 3.05) is 52.2 Å². The molecule has 26 heavy (non-hydrogen) atoms. The van der Waals surface area contributed by atoms with Crippen LogP contribution in [0.15, 0.2) is 29.2 Å². The first kappa shape index (κ1) is 19.3. The van der Waals surface area contributed by atoms with Crippen molar-refractivity contribution in [2.45, 2.75) is 24.2 Å². The Bertz CT molecular complexity index is 721. The normalized spacial score (nSPS) is 20.3. The molecule has 2 aliphatic heterocycles. The lowest BCUT2D eigenvalue weighted by Gasteiger charge is -2.34. The van der Waals surface area contributed by atoms with Gasteiger partial charge in [-0.3, -0.25) is 9.69 Å². The second kappa shape index (κ2) is 8.50. The van der Waals surface area contributed by atoms with Crippen LogP contribution in [0.25, 0.3) is 0 Å². The molecule has 0 bridgehead atoms. The Balaban J connectivity index is 1.54. The van der Waals surface area contributed by atoms with E-state index >= 15 is 0 Å². The van der Waals surface area contributed by atoms with Gasteiger partial charge in [0.2, 0.25) is 0 Å². The number of morpholine rings is 1. The van der Waals surface area contributed by atoms with Gasteiger partial charge in [0, 0.05) is 32.4 Å². The van der Waals surface area contributed by atoms with Crippen LogP contribution < -0.4 is 0 Å². The fraction of sp³-hybridized carbons (Fsp3) is 0.632. The number of carbonyl (C=O) groups is 1. The third kappa shape index (κ3) is 4.84. The van der Waals surface area contributed by atoms with E-state index < -0.39 is 9.84 Å². The fourth-order valence-corrected chi connectivity index (χ4v) is 4.63. The van der Waals surface area contributed by atoms with Crippen molar-refractivity contribution in [2.24, 2.45) is 5.92 Å². The van der Waals surface area contributed by atoms with Gasteiger partial charge in [-0.25, -0.2) is 8.42 Å². The number of nitrogens with zero attached hydrogens (tertiary/aromatic N) is 2. The molecule has 0 N–H and O–H groups in total. The van der Waals surface area contributed by atoms with E-state index in [2.05, 4.69) is 4.90 Å². The quantitative estimate of drug-likeness (QED) is 0.777. The summed E-state index contributed by atoms with van der Waals surface area (Å²) in [5.41, 5.74) is 0.293. The molecule has 2 aliphatic rings. The van der Waals surface area contributed by atoms with E-state index in [1.54, 1.807) is 23.1 Å². The first-order valence-electron chi connectivity index (χ1n) is 9.33. The summed E-state index contributed by atoms with van der Waals surface area (Å²) in [7, 11) is -3.41. The van der Waals surface area contributed by atoms with Crippen molar-refractivity contribution in [1.82, 2.24) is 9.80 Å². The first-order valence-corrected chi connectivity index (χ1v) is 11.2. The van der Waals surface area contributed by atoms with E-state index in [0.717, 1.165) is 58.4 Å². The summed E-state index contributed by atoms with van der Waals surface area (Å²) in [6.45, 7) is 6.17. The Morgan fingerprint density at radius 2 is 1.77 bits per heavy atom. The van der Waals surface area contributed by atoms with E-state index in [-0.39, 0.29) is 10.8 Å². The van der Waals surface area contributed by atoms with Gasteiger partial charge in [0.25, 0.3) is 5.91 Å². The minimum atomic E-state index is -3.41. The molecule has 144 valence electrons. The molecule has 1 aromatic rings. The summed E-state index contributed by atoms with van der Waals surface area (Å²) in [5, 5.41) is 0. The minimum Gasteiger partial charge on any atom is -0.379 e. The first-order chi connectivity index (χ1) is 12.4. The molecule has 0 spiro atoms. The van der Waals surface area contributed by atoms with Gasteiger partial charge in [0.1, 0.15) is 0 Å². The number of hydrogen-bond donors (Lipinski definition) is 0. The van der Waals surface area contributed by atoms with E-state index in [1.807, 2.05) is 0 Å². The molecule has 0 atom stereocenters. The van der Waals surface area contributed by atoms with Gasteiger partial charge in [-0.15, -0.1) is 0 Å². The smallest absolute Gasteiger partial charge is 0.255 e. The van der Waals surface area contributed by atoms with Crippen molar-refractivity contribution >= 4 is 15.7 Å². The van der Waals surface area contributed by atoms with Crippen molar-refractivity contribution in [3.63, 3.8) is 0 Å². The number of amides is 1. The molecule has 3 rings (SSSR count). The molecule has 2 saturated heterocycles. The summed E-state index contributed by atoms with van der Waals surface area (Å²) in [4.78, 5) is 17.2. The summed E-state index contributed by atoms with van der Waals surface area (Å²) in [6.07, 6.45) is 4.27. The maximum atomic E-state index is 12.8. The number of benzene rings is 1. The van der Waals surface area contributed by atoms with Crippen molar-refractivity contribution in [3.8, 4) is 0 Å². The lowest BCUT2D eigenvalue weighted by molar-refractivity contribution is 0.0332. The predicted molar refractivity (Wildman–Crippen MR) is 100 cm³/mol. The van der Waals surface area contributed by atoms with Gasteiger partial charge >= 0.3 is 0 Å². The van der Waals surface area contributed by atoms with Gasteiger partial charge in [-0.2, -0.15) is 0 Å². The molecular weight excluding hydrogens is 352 g/mol. The minimum absolute atomic E-state index is 0.124. The molecule has 0 unspecified atom stereocenters. The van der Waals surface area contributed by atoms with E-state index in [9.17, 15) is 13.2 Å². The van der Waals surface area contributed by atoms with E-state index in [1.165, 1.54) is 6.07 Å². The number of carbonyl (C=O) groups excluding carboxylic acids is 1. The lowest BCUT2D eigenvalue weighted by Crippen LogP contribution is -2.41. The SMILES string of the molecule is CS(=O)(=O)c1ccccc1C(=O)N1CCC(CCN2CCOCC2)CC1. The summed E-state index contributed by atoms with van der Waals surface area (Å²) < 4.78 is 29.3. The maximum absolute atomic E-state index is 12.8. The standard InChI is InChI=1S/C19H28N2O4S/c1-26(23,24)18-5-3-2-4-17(18)19(22)21-10-7-16(8-11-21)6-9-20-12-14-25-15-13-20/h2-5,16H,6-15H2,1H3. The zero-order chi connectivity index (χ0) is 18.6. The zero-order valence-corrected chi connectivity index (χ0v) is 16.2. The highest BCUT2D eigenvalue weighted by atomic mass is 32.2. The number of rotatable bonds is 5. The third-order valence-corrected chi connectivity index (χ3v) is 6.53. The van der Waals surface area contributed by atoms with Crippen LogP contribution in [-0.2, 0) is 14.6 Å². The van der Waals surface area contributed by atoms with Crippen LogP contribution in [-0.4, -0.2) is 76.3 Å². The Hall–Kier alpha value is -1.44. The molecule has 0 saturated carbocycles. The molecule has 2 heterocycles. The summed E-state index contributed by atoms with van der Waals surface area (Å²) in [6, 6.07) is 6.50. The fourth-order valence-electron chi connectivity index (χ4n) is 3.75. The largest absolute Gasteiger partial charge is 0.379 e. The molecular formula is C19H28N2O4S. The van der Waals surface area contributed by atoms with Crippen molar-refractivity contribution < 1.29 is 17.9 Å². The van der Waals surface area contributed by atoms with Gasteiger partial charge < -0.3 is 9.64 Å². The highest BCUT2D eigenvalue weighted by Crippen LogP contribution is 2.24. The Morgan fingerprint density at radius 1 is 1.12 bits per heavy atom. The molecule has 0 aromatic heterocycles. The Labute approximate surface area is 156 Å². The highest BCUT2D eigenvalue weighted by Gasteiger charge is 2.27. The molecule has 1 aromatic carbocycles. The number of piperidine rings is 1. The van der Waals surface area contributed by atoms with E-state index in [0.29, 0.717) is 24.6 Å². The Kier molecular flexibility index (Phi) is 6.32. The van der Waals surface area contributed by atoms with Crippen LogP contribution in [0.4, 0.5) is 0 Å². The van der Waals surface area contributed by atoms with Gasteiger partial charge in [-0.1, -0.05) is 12.1 Å². The van der Waals surface area contributed by atoms with Gasteiger partial charge in [0.05, 0.1) is 23.7 Å². The average molecular weight is 381 g/mol. The zero-order valence-electron chi connectivity index (χ0n) is 15.4. The molecule has 7 heteroatoms.